The molecule has 4 aromatic rings. The van der Waals surface area contributed by atoms with Crippen LogP contribution in [0.15, 0.2) is 77.9 Å². The molecular formula is C24H17Cl2N3S. The Bertz CT molecular complexity index is 1330. The number of nitrogens with one attached hydrogen (secondary N) is 2. The summed E-state index contributed by atoms with van der Waals surface area (Å²) in [4.78, 5) is 3.38. The number of aromatic nitrogens is 1. The molecule has 1 unspecified atom stereocenters. The minimum Gasteiger partial charge on any atom is -0.346 e. The topological polar surface area (TPSA) is 40.2 Å². The molecule has 1 aliphatic heterocycles. The van der Waals surface area contributed by atoms with E-state index in [1.807, 2.05) is 66.7 Å². The number of hydrogen-bond donors (Lipinski definition) is 2. The van der Waals surface area contributed by atoms with E-state index in [9.17, 15) is 0 Å². The highest BCUT2D eigenvalue weighted by molar-refractivity contribution is 7.71. The summed E-state index contributed by atoms with van der Waals surface area (Å²) in [5.41, 5.74) is 9.43. The van der Waals surface area contributed by atoms with Gasteiger partial charge >= 0.3 is 0 Å². The van der Waals surface area contributed by atoms with Gasteiger partial charge in [0.15, 0.2) is 0 Å². The van der Waals surface area contributed by atoms with Crippen molar-refractivity contribution in [1.82, 2.24) is 10.4 Å². The van der Waals surface area contributed by atoms with Crippen LogP contribution in [0.5, 0.6) is 0 Å². The summed E-state index contributed by atoms with van der Waals surface area (Å²) in [6.07, 6.45) is 0.734. The maximum absolute atomic E-state index is 6.14. The van der Waals surface area contributed by atoms with Crippen molar-refractivity contribution < 1.29 is 0 Å². The molecule has 0 spiro atoms. The zero-order chi connectivity index (χ0) is 20.7. The summed E-state index contributed by atoms with van der Waals surface area (Å²) in [5.74, 6) is 0. The Labute approximate surface area is 189 Å². The average molecular weight is 450 g/mol. The van der Waals surface area contributed by atoms with Crippen molar-refractivity contribution in [1.29, 1.82) is 0 Å². The minimum atomic E-state index is 0.0798. The molecular weight excluding hydrogens is 433 g/mol. The van der Waals surface area contributed by atoms with Crippen LogP contribution in [-0.2, 0) is 0 Å². The first-order valence-electron chi connectivity index (χ1n) is 9.59. The highest BCUT2D eigenvalue weighted by Gasteiger charge is 2.25. The molecule has 5 rings (SSSR count). The van der Waals surface area contributed by atoms with Crippen LogP contribution in [-0.4, -0.2) is 10.7 Å². The van der Waals surface area contributed by atoms with E-state index in [1.54, 1.807) is 0 Å². The molecule has 0 saturated heterocycles. The van der Waals surface area contributed by atoms with Crippen LogP contribution < -0.4 is 5.43 Å². The predicted molar refractivity (Wildman–Crippen MR) is 128 cm³/mol. The van der Waals surface area contributed by atoms with E-state index in [0.29, 0.717) is 9.66 Å². The Hall–Kier alpha value is -2.66. The van der Waals surface area contributed by atoms with Gasteiger partial charge < -0.3 is 10.4 Å². The van der Waals surface area contributed by atoms with E-state index >= 15 is 0 Å². The zero-order valence-corrected chi connectivity index (χ0v) is 18.2. The van der Waals surface area contributed by atoms with Crippen LogP contribution in [0, 0.1) is 4.64 Å². The molecule has 6 heteroatoms. The molecule has 1 atom stereocenters. The number of hydrogen-bond acceptors (Lipinski definition) is 3. The lowest BCUT2D eigenvalue weighted by Gasteiger charge is -2.15. The molecule has 0 aliphatic carbocycles. The molecule has 0 saturated carbocycles. The van der Waals surface area contributed by atoms with Crippen LogP contribution in [0.1, 0.15) is 23.6 Å². The van der Waals surface area contributed by atoms with E-state index < -0.39 is 0 Å². The summed E-state index contributed by atoms with van der Waals surface area (Å²) < 4.78 is 0.677. The number of rotatable bonds is 3. The van der Waals surface area contributed by atoms with Gasteiger partial charge in [0.2, 0.25) is 0 Å². The first-order chi connectivity index (χ1) is 14.6. The third-order valence-electron chi connectivity index (χ3n) is 5.37. The summed E-state index contributed by atoms with van der Waals surface area (Å²) >= 11 is 18.0. The normalized spacial score (nSPS) is 15.8. The predicted octanol–water partition coefficient (Wildman–Crippen LogP) is 7.31. The number of hydrazone groups is 1. The van der Waals surface area contributed by atoms with Gasteiger partial charge in [0.05, 0.1) is 11.8 Å². The number of aromatic amines is 1. The van der Waals surface area contributed by atoms with Crippen molar-refractivity contribution in [3.63, 3.8) is 0 Å². The molecule has 0 amide bonds. The lowest BCUT2D eigenvalue weighted by Crippen LogP contribution is -2.10. The third-order valence-corrected chi connectivity index (χ3v) is 6.18. The highest BCUT2D eigenvalue weighted by Crippen LogP contribution is 2.36. The first-order valence-corrected chi connectivity index (χ1v) is 10.8. The minimum absolute atomic E-state index is 0.0798. The van der Waals surface area contributed by atoms with Crippen LogP contribution in [0.25, 0.3) is 22.0 Å². The molecule has 0 fully saturated rings. The fraction of sp³-hybridized carbons (Fsp3) is 0.0833. The molecule has 3 nitrogen and oxygen atoms in total. The van der Waals surface area contributed by atoms with Crippen LogP contribution in [0.4, 0.5) is 0 Å². The molecule has 2 N–H and O–H groups in total. The van der Waals surface area contributed by atoms with Gasteiger partial charge in [-0.3, -0.25) is 0 Å². The van der Waals surface area contributed by atoms with Gasteiger partial charge in [-0.05, 0) is 41.5 Å². The number of para-hydroxylation sites is 1. The standard InChI is InChI=1S/C24H17Cl2N3S/c25-16-9-5-14(6-10-16)20-13-21(29-28-20)23-22(15-7-11-17(26)12-8-15)18-3-1-2-4-19(18)27-24(23)30/h1-12,20,28H,13H2,(H,27,30). The maximum atomic E-state index is 6.14. The molecule has 3 aromatic carbocycles. The summed E-state index contributed by atoms with van der Waals surface area (Å²) in [6, 6.07) is 24.0. The maximum Gasteiger partial charge on any atom is 0.113 e. The fourth-order valence-electron chi connectivity index (χ4n) is 3.92. The lowest BCUT2D eigenvalue weighted by molar-refractivity contribution is 0.620. The molecule has 2 heterocycles. The number of H-pyrrole nitrogens is 1. The van der Waals surface area contributed by atoms with Crippen molar-refractivity contribution in [3.8, 4) is 11.1 Å². The Morgan fingerprint density at radius 3 is 2.23 bits per heavy atom. The van der Waals surface area contributed by atoms with Gasteiger partial charge in [-0.1, -0.05) is 77.9 Å². The second kappa shape index (κ2) is 7.88. The molecule has 1 aromatic heterocycles. The SMILES string of the molecule is S=c1[nH]c2ccccc2c(-c2ccc(Cl)cc2)c1C1=NNC(c2ccc(Cl)cc2)C1. The van der Waals surface area contributed by atoms with Crippen molar-refractivity contribution in [2.24, 2.45) is 5.10 Å². The molecule has 0 radical (unpaired) electrons. The van der Waals surface area contributed by atoms with Crippen LogP contribution >= 0.6 is 35.4 Å². The number of nitrogens with zero attached hydrogens (tertiary/aromatic N) is 1. The largest absolute Gasteiger partial charge is 0.346 e. The second-order valence-corrected chi connectivity index (χ2v) is 8.53. The number of halogens is 2. The van der Waals surface area contributed by atoms with Gasteiger partial charge in [0.25, 0.3) is 0 Å². The third kappa shape index (κ3) is 3.52. The van der Waals surface area contributed by atoms with Gasteiger partial charge in [0, 0.05) is 38.5 Å². The van der Waals surface area contributed by atoms with Crippen molar-refractivity contribution in [2.45, 2.75) is 12.5 Å². The number of pyridine rings is 1. The molecule has 30 heavy (non-hydrogen) atoms. The number of benzene rings is 3. The van der Waals surface area contributed by atoms with Crippen LogP contribution in [0.3, 0.4) is 0 Å². The summed E-state index contributed by atoms with van der Waals surface area (Å²) in [7, 11) is 0. The van der Waals surface area contributed by atoms with E-state index in [0.717, 1.165) is 50.3 Å². The van der Waals surface area contributed by atoms with Gasteiger partial charge in [-0.25, -0.2) is 0 Å². The van der Waals surface area contributed by atoms with E-state index in [1.165, 1.54) is 0 Å². The van der Waals surface area contributed by atoms with Crippen molar-refractivity contribution >= 4 is 52.0 Å². The van der Waals surface area contributed by atoms with E-state index in [2.05, 4.69) is 21.6 Å². The Kier molecular flexibility index (Phi) is 5.07. The molecule has 148 valence electrons. The number of fused-ring (bicyclic) bond motifs is 1. The molecule has 0 bridgehead atoms. The van der Waals surface area contributed by atoms with Gasteiger partial charge in [-0.2, -0.15) is 5.10 Å². The van der Waals surface area contributed by atoms with Crippen LogP contribution in [0.2, 0.25) is 10.0 Å². The lowest BCUT2D eigenvalue weighted by atomic mass is 9.91. The average Bonchev–Trinajstić information content (AvgIpc) is 3.23. The van der Waals surface area contributed by atoms with E-state index in [-0.39, 0.29) is 6.04 Å². The summed E-state index contributed by atoms with van der Waals surface area (Å²) in [5, 5.41) is 7.20. The smallest absolute Gasteiger partial charge is 0.113 e. The monoisotopic (exact) mass is 449 g/mol. The Balaban J connectivity index is 1.65. The zero-order valence-electron chi connectivity index (χ0n) is 15.8. The first kappa shape index (κ1) is 19.3. The molecule has 1 aliphatic rings. The quantitative estimate of drug-likeness (QED) is 0.321. The fourth-order valence-corrected chi connectivity index (χ4v) is 4.50. The van der Waals surface area contributed by atoms with E-state index in [4.69, 9.17) is 35.4 Å². The highest BCUT2D eigenvalue weighted by atomic mass is 35.5. The van der Waals surface area contributed by atoms with Crippen molar-refractivity contribution in [2.75, 3.05) is 0 Å². The Morgan fingerprint density at radius 2 is 1.50 bits per heavy atom. The second-order valence-electron chi connectivity index (χ2n) is 7.25. The Morgan fingerprint density at radius 1 is 0.833 bits per heavy atom. The van der Waals surface area contributed by atoms with Gasteiger partial charge in [0.1, 0.15) is 4.64 Å². The van der Waals surface area contributed by atoms with Gasteiger partial charge in [-0.15, -0.1) is 0 Å². The van der Waals surface area contributed by atoms with Crippen molar-refractivity contribution in [3.05, 3.63) is 98.6 Å². The summed E-state index contributed by atoms with van der Waals surface area (Å²) in [6.45, 7) is 0.